The Bertz CT molecular complexity index is 650. The van der Waals surface area contributed by atoms with Gasteiger partial charge in [0.15, 0.2) is 0 Å². The van der Waals surface area contributed by atoms with Crippen LogP contribution in [0.15, 0.2) is 30.3 Å². The van der Waals surface area contributed by atoms with Crippen molar-refractivity contribution in [2.24, 2.45) is 0 Å². The van der Waals surface area contributed by atoms with Crippen molar-refractivity contribution < 1.29 is 14.3 Å². The van der Waals surface area contributed by atoms with Crippen LogP contribution in [0.25, 0.3) is 0 Å². The van der Waals surface area contributed by atoms with Crippen molar-refractivity contribution in [1.82, 2.24) is 4.98 Å². The molecule has 1 aromatic heterocycles. The van der Waals surface area contributed by atoms with E-state index in [2.05, 4.69) is 10.3 Å². The van der Waals surface area contributed by atoms with Crippen molar-refractivity contribution in [3.05, 3.63) is 51.9 Å². The molecule has 19 heavy (non-hydrogen) atoms. The summed E-state index contributed by atoms with van der Waals surface area (Å²) in [6, 6.07) is 6.66. The fourth-order valence-corrected chi connectivity index (χ4v) is 1.68. The summed E-state index contributed by atoms with van der Waals surface area (Å²) in [6.07, 6.45) is 0. The maximum atomic E-state index is 13.3. The number of aromatic nitrogens is 1. The minimum atomic E-state index is -1.17. The lowest BCUT2D eigenvalue weighted by Crippen LogP contribution is -2.05. The first-order valence-corrected chi connectivity index (χ1v) is 5.85. The quantitative estimate of drug-likeness (QED) is 0.842. The van der Waals surface area contributed by atoms with E-state index in [1.807, 2.05) is 0 Å². The average molecular weight is 301 g/mol. The molecule has 2 N–H and O–H groups in total. The predicted molar refractivity (Wildman–Crippen MR) is 70.9 cm³/mol. The van der Waals surface area contributed by atoms with E-state index in [1.54, 1.807) is 0 Å². The molecular weight excluding hydrogens is 294 g/mol. The number of nitrogens with one attached hydrogen (secondary N) is 1. The molecule has 0 aliphatic rings. The number of nitrogens with zero attached hydrogens (tertiary/aromatic N) is 1. The number of carboxylic acids is 1. The molecule has 0 radical (unpaired) electrons. The maximum Gasteiger partial charge on any atom is 0.339 e. The maximum absolute atomic E-state index is 13.3. The molecule has 1 aromatic carbocycles. The summed E-state index contributed by atoms with van der Waals surface area (Å²) in [4.78, 5) is 14.9. The van der Waals surface area contributed by atoms with E-state index in [0.717, 1.165) is 6.07 Å². The van der Waals surface area contributed by atoms with Crippen molar-refractivity contribution in [3.8, 4) is 0 Å². The number of carbonyl (C=O) groups is 1. The monoisotopic (exact) mass is 300 g/mol. The first kappa shape index (κ1) is 13.6. The third-order valence-corrected chi connectivity index (χ3v) is 2.79. The summed E-state index contributed by atoms with van der Waals surface area (Å²) < 4.78 is 13.3. The van der Waals surface area contributed by atoms with Gasteiger partial charge in [-0.2, -0.15) is 0 Å². The lowest BCUT2D eigenvalue weighted by atomic mass is 10.2. The summed E-state index contributed by atoms with van der Waals surface area (Å²) in [5.41, 5.74) is 0.249. The molecule has 0 saturated heterocycles. The number of aromatic carboxylic acids is 1. The molecule has 7 heteroatoms. The van der Waals surface area contributed by atoms with Crippen LogP contribution in [-0.4, -0.2) is 16.1 Å². The third-order valence-electron chi connectivity index (χ3n) is 2.27. The van der Waals surface area contributed by atoms with E-state index < -0.39 is 11.8 Å². The molecule has 0 unspecified atom stereocenters. The highest BCUT2D eigenvalue weighted by molar-refractivity contribution is 6.30. The summed E-state index contributed by atoms with van der Waals surface area (Å²) in [5.74, 6) is -1.76. The minimum absolute atomic E-state index is 0.0249. The second-order valence-corrected chi connectivity index (χ2v) is 4.38. The van der Waals surface area contributed by atoms with E-state index in [4.69, 9.17) is 28.3 Å². The summed E-state index contributed by atoms with van der Waals surface area (Å²) in [5, 5.41) is 11.8. The van der Waals surface area contributed by atoms with Gasteiger partial charge in [0, 0.05) is 5.69 Å². The molecule has 0 aliphatic carbocycles. The van der Waals surface area contributed by atoms with Gasteiger partial charge in [-0.25, -0.2) is 14.2 Å². The van der Waals surface area contributed by atoms with Crippen LogP contribution in [0.5, 0.6) is 0 Å². The highest BCUT2D eigenvalue weighted by Crippen LogP contribution is 2.24. The Morgan fingerprint density at radius 2 is 2.00 bits per heavy atom. The van der Waals surface area contributed by atoms with Crippen molar-refractivity contribution in [3.63, 3.8) is 0 Å². The van der Waals surface area contributed by atoms with Crippen molar-refractivity contribution in [2.45, 2.75) is 0 Å². The fourth-order valence-electron chi connectivity index (χ4n) is 1.41. The summed E-state index contributed by atoms with van der Waals surface area (Å²) in [6.45, 7) is 0. The molecule has 4 nitrogen and oxygen atoms in total. The van der Waals surface area contributed by atoms with Gasteiger partial charge in [-0.1, -0.05) is 23.2 Å². The zero-order valence-corrected chi connectivity index (χ0v) is 10.8. The molecule has 0 bridgehead atoms. The van der Waals surface area contributed by atoms with E-state index in [9.17, 15) is 9.18 Å². The van der Waals surface area contributed by atoms with Gasteiger partial charge < -0.3 is 10.4 Å². The summed E-state index contributed by atoms with van der Waals surface area (Å²) >= 11 is 11.3. The molecule has 0 spiro atoms. The zero-order chi connectivity index (χ0) is 14.0. The highest BCUT2D eigenvalue weighted by atomic mass is 35.5. The van der Waals surface area contributed by atoms with Crippen LogP contribution >= 0.6 is 23.2 Å². The fraction of sp³-hybridized carbons (Fsp3) is 0. The Morgan fingerprint density at radius 3 is 2.63 bits per heavy atom. The number of rotatable bonds is 3. The number of carboxylic acid groups (broad SMARTS) is 1. The first-order valence-electron chi connectivity index (χ1n) is 5.09. The molecule has 0 saturated carbocycles. The lowest BCUT2D eigenvalue weighted by Gasteiger charge is -2.09. The Kier molecular flexibility index (Phi) is 3.87. The van der Waals surface area contributed by atoms with Crippen LogP contribution in [0.4, 0.5) is 15.9 Å². The van der Waals surface area contributed by atoms with Crippen molar-refractivity contribution in [2.75, 3.05) is 5.32 Å². The number of halogens is 3. The molecular formula is C12H7Cl2FN2O2. The van der Waals surface area contributed by atoms with Crippen LogP contribution in [0.2, 0.25) is 10.2 Å². The Morgan fingerprint density at radius 1 is 1.26 bits per heavy atom. The molecule has 2 aromatic rings. The Labute approximate surface area is 117 Å². The van der Waals surface area contributed by atoms with E-state index in [-0.39, 0.29) is 21.6 Å². The molecule has 0 amide bonds. The number of pyridine rings is 1. The van der Waals surface area contributed by atoms with Gasteiger partial charge in [0.1, 0.15) is 22.4 Å². The van der Waals surface area contributed by atoms with Gasteiger partial charge in [-0.15, -0.1) is 0 Å². The van der Waals surface area contributed by atoms with Gasteiger partial charge in [-0.3, -0.25) is 0 Å². The number of hydrogen-bond donors (Lipinski definition) is 2. The first-order chi connectivity index (χ1) is 8.97. The Balaban J connectivity index is 2.39. The average Bonchev–Trinajstić information content (AvgIpc) is 2.33. The van der Waals surface area contributed by atoms with Crippen LogP contribution in [0.3, 0.4) is 0 Å². The normalized spacial score (nSPS) is 10.3. The number of benzene rings is 1. The molecule has 0 atom stereocenters. The van der Waals surface area contributed by atoms with Crippen molar-refractivity contribution >= 4 is 40.7 Å². The molecule has 2 rings (SSSR count). The zero-order valence-electron chi connectivity index (χ0n) is 9.32. The second-order valence-electron chi connectivity index (χ2n) is 3.59. The standard InChI is InChI=1S/C12H7Cl2FN2O2/c13-8-3-1-6(5-9(8)15)16-11-7(12(18)19)2-4-10(14)17-11/h1-5H,(H,16,17)(H,18,19). The van der Waals surface area contributed by atoms with Crippen molar-refractivity contribution in [1.29, 1.82) is 0 Å². The smallest absolute Gasteiger partial charge is 0.339 e. The van der Waals surface area contributed by atoms with E-state index in [1.165, 1.54) is 24.3 Å². The summed E-state index contributed by atoms with van der Waals surface area (Å²) in [7, 11) is 0. The molecule has 0 fully saturated rings. The van der Waals surface area contributed by atoms with Gasteiger partial charge in [-0.05, 0) is 30.3 Å². The van der Waals surface area contributed by atoms with E-state index >= 15 is 0 Å². The van der Waals surface area contributed by atoms with E-state index in [0.29, 0.717) is 5.69 Å². The van der Waals surface area contributed by atoms with Gasteiger partial charge in [0.2, 0.25) is 0 Å². The molecule has 1 heterocycles. The van der Waals surface area contributed by atoms with Gasteiger partial charge >= 0.3 is 5.97 Å². The Hall–Kier alpha value is -1.85. The largest absolute Gasteiger partial charge is 0.478 e. The topological polar surface area (TPSA) is 62.2 Å². The minimum Gasteiger partial charge on any atom is -0.478 e. The number of hydrogen-bond acceptors (Lipinski definition) is 3. The molecule has 98 valence electrons. The van der Waals surface area contributed by atoms with Crippen LogP contribution < -0.4 is 5.32 Å². The third kappa shape index (κ3) is 3.13. The SMILES string of the molecule is O=C(O)c1ccc(Cl)nc1Nc1ccc(Cl)c(F)c1. The molecule has 0 aliphatic heterocycles. The van der Waals surface area contributed by atoms with Crippen LogP contribution in [-0.2, 0) is 0 Å². The number of anilines is 2. The highest BCUT2D eigenvalue weighted by Gasteiger charge is 2.13. The lowest BCUT2D eigenvalue weighted by molar-refractivity contribution is 0.0697. The van der Waals surface area contributed by atoms with Crippen LogP contribution in [0.1, 0.15) is 10.4 Å². The predicted octanol–water partition coefficient (Wildman–Crippen LogP) is 3.97. The second kappa shape index (κ2) is 5.42. The van der Waals surface area contributed by atoms with Gasteiger partial charge in [0.05, 0.1) is 5.02 Å². The van der Waals surface area contributed by atoms with Gasteiger partial charge in [0.25, 0.3) is 0 Å². The van der Waals surface area contributed by atoms with Crippen LogP contribution in [0, 0.1) is 5.82 Å².